The van der Waals surface area contributed by atoms with E-state index in [4.69, 9.17) is 5.11 Å². The second kappa shape index (κ2) is 4.86. The molecule has 0 aliphatic heterocycles. The molecule has 78 valence electrons. The molecule has 0 aromatic heterocycles. The third-order valence-corrected chi connectivity index (χ3v) is 2.42. The second-order valence-electron chi connectivity index (χ2n) is 3.42. The van der Waals surface area contributed by atoms with Crippen molar-refractivity contribution in [1.82, 2.24) is 5.32 Å². The van der Waals surface area contributed by atoms with E-state index in [-0.39, 0.29) is 11.5 Å². The average molecular weight is 195 g/mol. The molecule has 0 heterocycles. The Labute approximate surface area is 84.4 Å². The standard InChI is InChI=1S/C11H17NO2/c1-3-9(12-2)6-8-4-5-10(13)11(14)7-8/h4-5,7,9,12-14H,3,6H2,1-2H3. The molecule has 3 N–H and O–H groups in total. The zero-order valence-electron chi connectivity index (χ0n) is 8.62. The number of benzene rings is 1. The van der Waals surface area contributed by atoms with Crippen LogP contribution in [0.3, 0.4) is 0 Å². The lowest BCUT2D eigenvalue weighted by Crippen LogP contribution is -2.26. The molecule has 1 unspecified atom stereocenters. The summed E-state index contributed by atoms with van der Waals surface area (Å²) in [6.07, 6.45) is 1.90. The average Bonchev–Trinajstić information content (AvgIpc) is 2.19. The van der Waals surface area contributed by atoms with Gasteiger partial charge in [-0.05, 0) is 37.6 Å². The lowest BCUT2D eigenvalue weighted by Gasteiger charge is -2.13. The van der Waals surface area contributed by atoms with Crippen LogP contribution in [0.4, 0.5) is 0 Å². The first kappa shape index (κ1) is 10.9. The highest BCUT2D eigenvalue weighted by molar-refractivity contribution is 5.40. The van der Waals surface area contributed by atoms with E-state index in [1.54, 1.807) is 6.07 Å². The number of likely N-dealkylation sites (N-methyl/N-ethyl adjacent to an activating group) is 1. The summed E-state index contributed by atoms with van der Waals surface area (Å²) in [7, 11) is 1.93. The van der Waals surface area contributed by atoms with Gasteiger partial charge >= 0.3 is 0 Å². The summed E-state index contributed by atoms with van der Waals surface area (Å²) in [4.78, 5) is 0. The monoisotopic (exact) mass is 195 g/mol. The second-order valence-corrected chi connectivity index (χ2v) is 3.42. The first-order valence-corrected chi connectivity index (χ1v) is 4.85. The molecule has 3 heteroatoms. The molecule has 14 heavy (non-hydrogen) atoms. The first-order chi connectivity index (χ1) is 6.67. The number of hydrogen-bond acceptors (Lipinski definition) is 3. The van der Waals surface area contributed by atoms with E-state index in [0.717, 1.165) is 18.4 Å². The summed E-state index contributed by atoms with van der Waals surface area (Å²) in [5.41, 5.74) is 1.03. The van der Waals surface area contributed by atoms with Crippen molar-refractivity contribution in [2.45, 2.75) is 25.8 Å². The molecule has 0 spiro atoms. The Morgan fingerprint density at radius 1 is 1.29 bits per heavy atom. The van der Waals surface area contributed by atoms with Crippen molar-refractivity contribution < 1.29 is 10.2 Å². The molecular weight excluding hydrogens is 178 g/mol. The fraction of sp³-hybridized carbons (Fsp3) is 0.455. The molecule has 1 aromatic rings. The van der Waals surface area contributed by atoms with Crippen LogP contribution in [0, 0.1) is 0 Å². The number of hydrogen-bond donors (Lipinski definition) is 3. The van der Waals surface area contributed by atoms with Crippen LogP contribution in [0.2, 0.25) is 0 Å². The van der Waals surface area contributed by atoms with Crippen LogP contribution in [0.25, 0.3) is 0 Å². The predicted octanol–water partition coefficient (Wildman–Crippen LogP) is 1.64. The molecule has 0 saturated heterocycles. The van der Waals surface area contributed by atoms with Crippen LogP contribution < -0.4 is 5.32 Å². The van der Waals surface area contributed by atoms with Gasteiger partial charge in [0.15, 0.2) is 11.5 Å². The largest absolute Gasteiger partial charge is 0.504 e. The van der Waals surface area contributed by atoms with Crippen molar-refractivity contribution in [3.05, 3.63) is 23.8 Å². The molecule has 3 nitrogen and oxygen atoms in total. The maximum Gasteiger partial charge on any atom is 0.157 e. The third-order valence-electron chi connectivity index (χ3n) is 2.42. The van der Waals surface area contributed by atoms with E-state index in [0.29, 0.717) is 6.04 Å². The van der Waals surface area contributed by atoms with Crippen LogP contribution in [-0.4, -0.2) is 23.3 Å². The number of rotatable bonds is 4. The van der Waals surface area contributed by atoms with Gasteiger partial charge < -0.3 is 15.5 Å². The summed E-state index contributed by atoms with van der Waals surface area (Å²) in [6, 6.07) is 5.37. The predicted molar refractivity (Wildman–Crippen MR) is 56.6 cm³/mol. The molecular formula is C11H17NO2. The Hall–Kier alpha value is -1.22. The van der Waals surface area contributed by atoms with Crippen LogP contribution >= 0.6 is 0 Å². The zero-order valence-corrected chi connectivity index (χ0v) is 8.62. The van der Waals surface area contributed by atoms with Crippen molar-refractivity contribution in [3.8, 4) is 11.5 Å². The Kier molecular flexibility index (Phi) is 3.77. The van der Waals surface area contributed by atoms with Gasteiger partial charge in [-0.25, -0.2) is 0 Å². The molecule has 0 bridgehead atoms. The summed E-state index contributed by atoms with van der Waals surface area (Å²) in [5, 5.41) is 21.6. The fourth-order valence-corrected chi connectivity index (χ4v) is 1.43. The first-order valence-electron chi connectivity index (χ1n) is 4.85. The minimum atomic E-state index is -0.0637. The van der Waals surface area contributed by atoms with E-state index in [1.807, 2.05) is 13.1 Å². The summed E-state index contributed by atoms with van der Waals surface area (Å²) in [6.45, 7) is 2.11. The minimum absolute atomic E-state index is 0.0477. The van der Waals surface area contributed by atoms with Crippen molar-refractivity contribution in [3.63, 3.8) is 0 Å². The molecule has 0 amide bonds. The van der Waals surface area contributed by atoms with Gasteiger partial charge in [0.25, 0.3) is 0 Å². The van der Waals surface area contributed by atoms with E-state index in [9.17, 15) is 5.11 Å². The molecule has 0 aliphatic rings. The minimum Gasteiger partial charge on any atom is -0.504 e. The topological polar surface area (TPSA) is 52.5 Å². The molecule has 0 aliphatic carbocycles. The van der Waals surface area contributed by atoms with Crippen molar-refractivity contribution >= 4 is 0 Å². The Morgan fingerprint density at radius 3 is 2.50 bits per heavy atom. The van der Waals surface area contributed by atoms with Crippen LogP contribution in [-0.2, 0) is 6.42 Å². The van der Waals surface area contributed by atoms with Gasteiger partial charge in [0.05, 0.1) is 0 Å². The highest BCUT2D eigenvalue weighted by Gasteiger charge is 2.06. The van der Waals surface area contributed by atoms with Gasteiger partial charge in [0, 0.05) is 6.04 Å². The Bertz CT molecular complexity index is 295. The van der Waals surface area contributed by atoms with Crippen molar-refractivity contribution in [1.29, 1.82) is 0 Å². The maximum atomic E-state index is 9.29. The zero-order chi connectivity index (χ0) is 10.6. The lowest BCUT2D eigenvalue weighted by atomic mass is 10.0. The van der Waals surface area contributed by atoms with Crippen molar-refractivity contribution in [2.24, 2.45) is 0 Å². The fourth-order valence-electron chi connectivity index (χ4n) is 1.43. The van der Waals surface area contributed by atoms with Crippen LogP contribution in [0.5, 0.6) is 11.5 Å². The number of phenols is 2. The highest BCUT2D eigenvalue weighted by Crippen LogP contribution is 2.25. The van der Waals surface area contributed by atoms with Crippen LogP contribution in [0.1, 0.15) is 18.9 Å². The molecule has 0 fully saturated rings. The summed E-state index contributed by atoms with van der Waals surface area (Å²) in [5.74, 6) is -0.111. The molecule has 1 atom stereocenters. The Balaban J connectivity index is 2.72. The molecule has 1 aromatic carbocycles. The third kappa shape index (κ3) is 2.64. The summed E-state index contributed by atoms with van der Waals surface area (Å²) >= 11 is 0. The lowest BCUT2D eigenvalue weighted by molar-refractivity contribution is 0.402. The summed E-state index contributed by atoms with van der Waals surface area (Å²) < 4.78 is 0. The van der Waals surface area contributed by atoms with Crippen molar-refractivity contribution in [2.75, 3.05) is 7.05 Å². The molecule has 1 rings (SSSR count). The van der Waals surface area contributed by atoms with Gasteiger partial charge in [-0.3, -0.25) is 0 Å². The number of nitrogens with one attached hydrogen (secondary N) is 1. The smallest absolute Gasteiger partial charge is 0.157 e. The SMILES string of the molecule is CCC(Cc1ccc(O)c(O)c1)NC. The van der Waals surface area contributed by atoms with Gasteiger partial charge in [0.1, 0.15) is 0 Å². The molecule has 0 radical (unpaired) electrons. The normalized spacial score (nSPS) is 12.7. The maximum absolute atomic E-state index is 9.29. The number of aromatic hydroxyl groups is 2. The molecule has 0 saturated carbocycles. The van der Waals surface area contributed by atoms with Crippen LogP contribution in [0.15, 0.2) is 18.2 Å². The van der Waals surface area contributed by atoms with Gasteiger partial charge in [-0.1, -0.05) is 13.0 Å². The highest BCUT2D eigenvalue weighted by atomic mass is 16.3. The van der Waals surface area contributed by atoms with E-state index < -0.39 is 0 Å². The van der Waals surface area contributed by atoms with E-state index in [2.05, 4.69) is 12.2 Å². The van der Waals surface area contributed by atoms with Gasteiger partial charge in [0.2, 0.25) is 0 Å². The van der Waals surface area contributed by atoms with Gasteiger partial charge in [-0.15, -0.1) is 0 Å². The van der Waals surface area contributed by atoms with E-state index >= 15 is 0 Å². The quantitative estimate of drug-likeness (QED) is 0.640. The van der Waals surface area contributed by atoms with E-state index in [1.165, 1.54) is 6.07 Å². The number of phenolic OH excluding ortho intramolecular Hbond substituents is 2. The Morgan fingerprint density at radius 2 is 2.00 bits per heavy atom. The van der Waals surface area contributed by atoms with Gasteiger partial charge in [-0.2, -0.15) is 0 Å².